The molecule has 0 saturated heterocycles. The van der Waals surface area contributed by atoms with Crippen molar-refractivity contribution in [2.75, 3.05) is 20.2 Å². The summed E-state index contributed by atoms with van der Waals surface area (Å²) in [4.78, 5) is 0. The van der Waals surface area contributed by atoms with Gasteiger partial charge in [-0.3, -0.25) is 0 Å². The molecule has 0 aliphatic rings. The zero-order valence-corrected chi connectivity index (χ0v) is 11.9. The fourth-order valence-electron chi connectivity index (χ4n) is 2.33. The standard InChI is InChI=1S/C17H23NO/c1-3-4-8-16-15-9-6-5-7-14(15)10-11-17(16)19-13-12-18-2/h5-7,9-11,18H,3-4,8,12-13H2,1-2H3. The van der Waals surface area contributed by atoms with Crippen LogP contribution in [0, 0.1) is 0 Å². The molecule has 0 spiro atoms. The summed E-state index contributed by atoms with van der Waals surface area (Å²) in [5.41, 5.74) is 1.36. The predicted octanol–water partition coefficient (Wildman–Crippen LogP) is 3.78. The average molecular weight is 257 g/mol. The molecule has 0 fully saturated rings. The quantitative estimate of drug-likeness (QED) is 0.762. The maximum atomic E-state index is 5.92. The van der Waals surface area contributed by atoms with Crippen molar-refractivity contribution in [1.29, 1.82) is 0 Å². The van der Waals surface area contributed by atoms with Crippen LogP contribution in [0.3, 0.4) is 0 Å². The van der Waals surface area contributed by atoms with E-state index in [9.17, 15) is 0 Å². The van der Waals surface area contributed by atoms with E-state index in [-0.39, 0.29) is 0 Å². The molecule has 0 aromatic heterocycles. The maximum Gasteiger partial charge on any atom is 0.123 e. The lowest BCUT2D eigenvalue weighted by molar-refractivity contribution is 0.315. The molecular weight excluding hydrogens is 234 g/mol. The molecule has 0 radical (unpaired) electrons. The molecule has 102 valence electrons. The number of fused-ring (bicyclic) bond motifs is 1. The van der Waals surface area contributed by atoms with E-state index in [4.69, 9.17) is 4.74 Å². The first-order valence-electron chi connectivity index (χ1n) is 7.15. The van der Waals surface area contributed by atoms with Crippen molar-refractivity contribution in [2.24, 2.45) is 0 Å². The molecule has 19 heavy (non-hydrogen) atoms. The van der Waals surface area contributed by atoms with Gasteiger partial charge in [-0.25, -0.2) is 0 Å². The molecule has 0 amide bonds. The number of rotatable bonds is 7. The minimum atomic E-state index is 0.716. The third-order valence-electron chi connectivity index (χ3n) is 3.39. The summed E-state index contributed by atoms with van der Waals surface area (Å²) in [7, 11) is 1.95. The van der Waals surface area contributed by atoms with Crippen molar-refractivity contribution in [1.82, 2.24) is 5.32 Å². The van der Waals surface area contributed by atoms with Gasteiger partial charge >= 0.3 is 0 Å². The molecule has 0 atom stereocenters. The lowest BCUT2D eigenvalue weighted by Crippen LogP contribution is -2.16. The summed E-state index contributed by atoms with van der Waals surface area (Å²) in [6, 6.07) is 12.8. The Balaban J connectivity index is 2.32. The van der Waals surface area contributed by atoms with Gasteiger partial charge in [-0.05, 0) is 36.7 Å². The Kier molecular flexibility index (Phi) is 5.22. The number of likely N-dealkylation sites (N-methyl/N-ethyl adjacent to an activating group) is 1. The van der Waals surface area contributed by atoms with Gasteiger partial charge in [-0.2, -0.15) is 0 Å². The minimum Gasteiger partial charge on any atom is -0.492 e. The van der Waals surface area contributed by atoms with Gasteiger partial charge in [0, 0.05) is 12.1 Å². The van der Waals surface area contributed by atoms with Crippen molar-refractivity contribution < 1.29 is 4.74 Å². The average Bonchev–Trinajstić information content (AvgIpc) is 2.46. The number of nitrogens with one attached hydrogen (secondary N) is 1. The molecular formula is C17H23NO. The van der Waals surface area contributed by atoms with Gasteiger partial charge in [-0.1, -0.05) is 43.7 Å². The molecule has 0 unspecified atom stereocenters. The first kappa shape index (κ1) is 13.9. The molecule has 1 N–H and O–H groups in total. The first-order valence-corrected chi connectivity index (χ1v) is 7.15. The second-order valence-electron chi connectivity index (χ2n) is 4.82. The van der Waals surface area contributed by atoms with Crippen LogP contribution in [0.1, 0.15) is 25.3 Å². The van der Waals surface area contributed by atoms with Gasteiger partial charge in [0.1, 0.15) is 12.4 Å². The Labute approximate surface area is 115 Å². The highest BCUT2D eigenvalue weighted by Crippen LogP contribution is 2.29. The largest absolute Gasteiger partial charge is 0.492 e. The molecule has 0 bridgehead atoms. The topological polar surface area (TPSA) is 21.3 Å². The molecule has 0 heterocycles. The van der Waals surface area contributed by atoms with Crippen LogP contribution in [-0.4, -0.2) is 20.2 Å². The molecule has 2 heteroatoms. The Hall–Kier alpha value is -1.54. The van der Waals surface area contributed by atoms with E-state index in [0.717, 1.165) is 18.7 Å². The van der Waals surface area contributed by atoms with Gasteiger partial charge in [0.25, 0.3) is 0 Å². The third kappa shape index (κ3) is 3.48. The number of unbranched alkanes of at least 4 members (excludes halogenated alkanes) is 1. The monoisotopic (exact) mass is 257 g/mol. The van der Waals surface area contributed by atoms with Crippen molar-refractivity contribution >= 4 is 10.8 Å². The van der Waals surface area contributed by atoms with Crippen molar-refractivity contribution in [2.45, 2.75) is 26.2 Å². The number of benzene rings is 2. The zero-order chi connectivity index (χ0) is 13.5. The van der Waals surface area contributed by atoms with Crippen LogP contribution in [0.5, 0.6) is 5.75 Å². The summed E-state index contributed by atoms with van der Waals surface area (Å²) < 4.78 is 5.92. The second-order valence-corrected chi connectivity index (χ2v) is 4.82. The summed E-state index contributed by atoms with van der Waals surface area (Å²) >= 11 is 0. The molecule has 2 nitrogen and oxygen atoms in total. The van der Waals surface area contributed by atoms with Crippen LogP contribution < -0.4 is 10.1 Å². The third-order valence-corrected chi connectivity index (χ3v) is 3.39. The fraction of sp³-hybridized carbons (Fsp3) is 0.412. The van der Waals surface area contributed by atoms with Crippen molar-refractivity contribution in [3.05, 3.63) is 42.0 Å². The molecule has 2 rings (SSSR count). The lowest BCUT2D eigenvalue weighted by Gasteiger charge is -2.14. The van der Waals surface area contributed by atoms with E-state index in [2.05, 4.69) is 48.6 Å². The Morgan fingerprint density at radius 1 is 1.11 bits per heavy atom. The van der Waals surface area contributed by atoms with Gasteiger partial charge in [0.05, 0.1) is 0 Å². The number of aryl methyl sites for hydroxylation is 1. The van der Waals surface area contributed by atoms with Gasteiger partial charge in [0.15, 0.2) is 0 Å². The van der Waals surface area contributed by atoms with Crippen LogP contribution in [0.25, 0.3) is 10.8 Å². The van der Waals surface area contributed by atoms with Gasteiger partial charge in [0.2, 0.25) is 0 Å². The molecule has 0 aliphatic heterocycles. The highest BCUT2D eigenvalue weighted by molar-refractivity contribution is 5.87. The first-order chi connectivity index (χ1) is 9.36. The summed E-state index contributed by atoms with van der Waals surface area (Å²) in [6.45, 7) is 3.82. The van der Waals surface area contributed by atoms with Crippen LogP contribution in [-0.2, 0) is 6.42 Å². The van der Waals surface area contributed by atoms with Crippen molar-refractivity contribution in [3.63, 3.8) is 0 Å². The van der Waals surface area contributed by atoms with E-state index in [1.807, 2.05) is 7.05 Å². The number of hydrogen-bond donors (Lipinski definition) is 1. The summed E-state index contributed by atoms with van der Waals surface area (Å²) in [5.74, 6) is 1.04. The number of ether oxygens (including phenoxy) is 1. The second kappa shape index (κ2) is 7.15. The highest BCUT2D eigenvalue weighted by Gasteiger charge is 2.08. The maximum absolute atomic E-state index is 5.92. The van der Waals surface area contributed by atoms with Crippen LogP contribution in [0.15, 0.2) is 36.4 Å². The Bertz CT molecular complexity index is 522. The van der Waals surface area contributed by atoms with Crippen LogP contribution in [0.2, 0.25) is 0 Å². The van der Waals surface area contributed by atoms with E-state index in [1.54, 1.807) is 0 Å². The van der Waals surface area contributed by atoms with Gasteiger partial charge in [-0.15, -0.1) is 0 Å². The summed E-state index contributed by atoms with van der Waals surface area (Å²) in [6.07, 6.45) is 3.50. The van der Waals surface area contributed by atoms with Gasteiger partial charge < -0.3 is 10.1 Å². The lowest BCUT2D eigenvalue weighted by atomic mass is 9.99. The molecule has 0 aliphatic carbocycles. The zero-order valence-electron chi connectivity index (χ0n) is 11.9. The van der Waals surface area contributed by atoms with E-state index < -0.39 is 0 Å². The normalized spacial score (nSPS) is 10.8. The molecule has 2 aromatic carbocycles. The van der Waals surface area contributed by atoms with E-state index in [1.165, 1.54) is 29.2 Å². The van der Waals surface area contributed by atoms with E-state index in [0.29, 0.717) is 6.61 Å². The van der Waals surface area contributed by atoms with Crippen molar-refractivity contribution in [3.8, 4) is 5.75 Å². The van der Waals surface area contributed by atoms with Crippen LogP contribution in [0.4, 0.5) is 0 Å². The van der Waals surface area contributed by atoms with E-state index >= 15 is 0 Å². The Morgan fingerprint density at radius 3 is 2.74 bits per heavy atom. The van der Waals surface area contributed by atoms with Crippen LogP contribution >= 0.6 is 0 Å². The highest BCUT2D eigenvalue weighted by atomic mass is 16.5. The summed E-state index contributed by atoms with van der Waals surface area (Å²) in [5, 5.41) is 5.74. The predicted molar refractivity (Wildman–Crippen MR) is 82.0 cm³/mol. The SMILES string of the molecule is CCCCc1c(OCCNC)ccc2ccccc12. The fourth-order valence-corrected chi connectivity index (χ4v) is 2.33. The molecule has 0 saturated carbocycles. The smallest absolute Gasteiger partial charge is 0.123 e. The Morgan fingerprint density at radius 2 is 1.95 bits per heavy atom. The molecule has 2 aromatic rings. The minimum absolute atomic E-state index is 0.716. The number of hydrogen-bond acceptors (Lipinski definition) is 2.